The summed E-state index contributed by atoms with van der Waals surface area (Å²) >= 11 is 0. The molecule has 1 aliphatic rings. The van der Waals surface area contributed by atoms with Crippen molar-refractivity contribution in [3.63, 3.8) is 0 Å². The third kappa shape index (κ3) is 4.67. The maximum absolute atomic E-state index is 13.6. The van der Waals surface area contributed by atoms with Crippen LogP contribution in [-0.4, -0.2) is 24.5 Å². The van der Waals surface area contributed by atoms with Crippen LogP contribution in [-0.2, 0) is 25.7 Å². The van der Waals surface area contributed by atoms with Crippen LogP contribution in [0.4, 0.5) is 4.39 Å². The van der Waals surface area contributed by atoms with Gasteiger partial charge in [-0.1, -0.05) is 42.5 Å². The fraction of sp³-hybridized carbons (Fsp3) is 0.300. The van der Waals surface area contributed by atoms with E-state index in [1.54, 1.807) is 0 Å². The molecular weight excluding hydrogens is 337 g/mol. The number of halogens is 1. The predicted octanol–water partition coefficient (Wildman–Crippen LogP) is 2.91. The molecule has 3 rings (SSSR count). The maximum atomic E-state index is 13.6. The van der Waals surface area contributed by atoms with Gasteiger partial charge in [-0.05, 0) is 37.1 Å². The Morgan fingerprint density at radius 1 is 1.15 bits per heavy atom. The Morgan fingerprint density at radius 3 is 2.65 bits per heavy atom. The van der Waals surface area contributed by atoms with Gasteiger partial charge in [-0.25, -0.2) is 9.18 Å². The molecule has 2 aromatic rings. The highest BCUT2D eigenvalue weighted by molar-refractivity contribution is 5.83. The largest absolute Gasteiger partial charge is 0.458 e. The Hall–Kier alpha value is -2.73. The number of rotatable bonds is 6. The quantitative estimate of drug-likeness (QED) is 0.806. The van der Waals surface area contributed by atoms with Gasteiger partial charge in [-0.2, -0.15) is 0 Å². The molecule has 0 spiro atoms. The van der Waals surface area contributed by atoms with Gasteiger partial charge in [0.2, 0.25) is 6.10 Å². The summed E-state index contributed by atoms with van der Waals surface area (Å²) in [7, 11) is 0. The monoisotopic (exact) mass is 357 g/mol. The predicted molar refractivity (Wildman–Crippen MR) is 92.5 cm³/mol. The van der Waals surface area contributed by atoms with Crippen LogP contribution < -0.4 is 5.32 Å². The minimum Gasteiger partial charge on any atom is -0.458 e. The third-order valence-electron chi connectivity index (χ3n) is 4.17. The molecule has 1 N–H and O–H groups in total. The van der Waals surface area contributed by atoms with Gasteiger partial charge in [-0.3, -0.25) is 4.79 Å². The van der Waals surface area contributed by atoms with E-state index in [9.17, 15) is 14.0 Å². The molecule has 6 heteroatoms. The average Bonchev–Trinajstić information content (AvgIpc) is 3.20. The van der Waals surface area contributed by atoms with Crippen molar-refractivity contribution in [1.82, 2.24) is 5.32 Å². The van der Waals surface area contributed by atoms with Crippen molar-refractivity contribution in [3.8, 4) is 0 Å². The van der Waals surface area contributed by atoms with E-state index in [-0.39, 0.29) is 12.2 Å². The number of hydrogen-bond donors (Lipinski definition) is 1. The summed E-state index contributed by atoms with van der Waals surface area (Å²) in [6.07, 6.45) is 0.209. The van der Waals surface area contributed by atoms with E-state index in [1.165, 1.54) is 24.3 Å². The summed E-state index contributed by atoms with van der Waals surface area (Å²) in [4.78, 5) is 24.8. The summed E-state index contributed by atoms with van der Waals surface area (Å²) in [6.45, 7) is 0.771. The lowest BCUT2D eigenvalue weighted by atomic mass is 10.1. The van der Waals surface area contributed by atoms with Gasteiger partial charge >= 0.3 is 11.9 Å². The third-order valence-corrected chi connectivity index (χ3v) is 4.17. The Labute approximate surface area is 151 Å². The molecule has 5 nitrogen and oxygen atoms in total. The molecule has 26 heavy (non-hydrogen) atoms. The molecule has 0 radical (unpaired) electrons. The maximum Gasteiger partial charge on any atom is 0.352 e. The highest BCUT2D eigenvalue weighted by atomic mass is 19.1. The summed E-state index contributed by atoms with van der Waals surface area (Å²) in [5, 5.41) is 3.02. The van der Waals surface area contributed by atoms with Crippen molar-refractivity contribution < 1.29 is 23.5 Å². The van der Waals surface area contributed by atoms with E-state index in [0.29, 0.717) is 6.42 Å². The minimum atomic E-state index is -1.30. The second-order valence-electron chi connectivity index (χ2n) is 6.11. The first-order chi connectivity index (χ1) is 12.6. The van der Waals surface area contributed by atoms with E-state index in [0.717, 1.165) is 18.5 Å². The van der Waals surface area contributed by atoms with E-state index in [2.05, 4.69) is 5.32 Å². The second-order valence-corrected chi connectivity index (χ2v) is 6.11. The zero-order valence-electron chi connectivity index (χ0n) is 14.2. The van der Waals surface area contributed by atoms with Crippen molar-refractivity contribution >= 4 is 11.9 Å². The van der Waals surface area contributed by atoms with Crippen LogP contribution in [0.15, 0.2) is 54.6 Å². The van der Waals surface area contributed by atoms with Gasteiger partial charge in [0.1, 0.15) is 18.5 Å². The van der Waals surface area contributed by atoms with E-state index in [1.807, 2.05) is 30.3 Å². The van der Waals surface area contributed by atoms with E-state index < -0.39 is 29.9 Å². The first-order valence-electron chi connectivity index (χ1n) is 8.53. The molecule has 0 amide bonds. The first kappa shape index (κ1) is 18.1. The van der Waals surface area contributed by atoms with Gasteiger partial charge in [0.15, 0.2) is 0 Å². The summed E-state index contributed by atoms with van der Waals surface area (Å²) in [5.41, 5.74) is 1.05. The number of hydrogen-bond acceptors (Lipinski definition) is 5. The SMILES string of the molecule is O=C(OC(C(=O)OCc1ccccc1)c1cccc(F)c1)C1CCCN1. The van der Waals surface area contributed by atoms with Gasteiger partial charge in [0, 0.05) is 5.56 Å². The summed E-state index contributed by atoms with van der Waals surface area (Å²) in [5.74, 6) is -1.78. The number of carbonyl (C=O) groups excluding carboxylic acids is 2. The molecule has 0 aromatic heterocycles. The molecular formula is C20H20FNO4. The molecule has 1 heterocycles. The molecule has 2 atom stereocenters. The molecule has 1 saturated heterocycles. The van der Waals surface area contributed by atoms with Gasteiger partial charge in [0.25, 0.3) is 0 Å². The molecule has 0 bridgehead atoms. The van der Waals surface area contributed by atoms with Crippen LogP contribution in [0.1, 0.15) is 30.1 Å². The number of ether oxygens (including phenoxy) is 2. The molecule has 1 aliphatic heterocycles. The lowest BCUT2D eigenvalue weighted by Crippen LogP contribution is -2.35. The van der Waals surface area contributed by atoms with Crippen molar-refractivity contribution in [2.24, 2.45) is 0 Å². The minimum absolute atomic E-state index is 0.0463. The molecule has 1 fully saturated rings. The van der Waals surface area contributed by atoms with Crippen LogP contribution in [0.25, 0.3) is 0 Å². The molecule has 2 unspecified atom stereocenters. The van der Waals surface area contributed by atoms with Crippen LogP contribution in [0.5, 0.6) is 0 Å². The smallest absolute Gasteiger partial charge is 0.352 e. The van der Waals surface area contributed by atoms with Gasteiger partial charge < -0.3 is 14.8 Å². The Bertz CT molecular complexity index is 759. The summed E-state index contributed by atoms with van der Waals surface area (Å²) in [6, 6.07) is 14.1. The average molecular weight is 357 g/mol. The first-order valence-corrected chi connectivity index (χ1v) is 8.53. The topological polar surface area (TPSA) is 64.6 Å². The zero-order valence-corrected chi connectivity index (χ0v) is 14.2. The van der Waals surface area contributed by atoms with Crippen LogP contribution in [0.2, 0.25) is 0 Å². The Balaban J connectivity index is 1.73. The van der Waals surface area contributed by atoms with Crippen molar-refractivity contribution in [3.05, 3.63) is 71.5 Å². The summed E-state index contributed by atoms with van der Waals surface area (Å²) < 4.78 is 24.2. The second kappa shape index (κ2) is 8.58. The molecule has 0 aliphatic carbocycles. The lowest BCUT2D eigenvalue weighted by molar-refractivity contribution is -0.170. The van der Waals surface area contributed by atoms with E-state index in [4.69, 9.17) is 9.47 Å². The zero-order chi connectivity index (χ0) is 18.4. The molecule has 2 aromatic carbocycles. The molecule has 0 saturated carbocycles. The number of carbonyl (C=O) groups is 2. The van der Waals surface area contributed by atoms with Crippen LogP contribution in [0, 0.1) is 5.82 Å². The van der Waals surface area contributed by atoms with Crippen LogP contribution >= 0.6 is 0 Å². The van der Waals surface area contributed by atoms with Crippen molar-refractivity contribution in [2.75, 3.05) is 6.54 Å². The fourth-order valence-corrected chi connectivity index (χ4v) is 2.81. The highest BCUT2D eigenvalue weighted by Gasteiger charge is 2.31. The number of nitrogens with one attached hydrogen (secondary N) is 1. The van der Waals surface area contributed by atoms with Gasteiger partial charge in [0.05, 0.1) is 0 Å². The van der Waals surface area contributed by atoms with E-state index >= 15 is 0 Å². The van der Waals surface area contributed by atoms with Crippen LogP contribution in [0.3, 0.4) is 0 Å². The highest BCUT2D eigenvalue weighted by Crippen LogP contribution is 2.23. The van der Waals surface area contributed by atoms with Crippen molar-refractivity contribution in [1.29, 1.82) is 0 Å². The number of esters is 2. The normalized spacial score (nSPS) is 17.5. The van der Waals surface area contributed by atoms with Crippen molar-refractivity contribution in [2.45, 2.75) is 31.6 Å². The number of benzene rings is 2. The standard InChI is InChI=1S/C20H20FNO4/c21-16-9-4-8-15(12-16)18(26-19(23)17-10-5-11-22-17)20(24)25-13-14-6-2-1-3-7-14/h1-4,6-9,12,17-18,22H,5,10-11,13H2. The Kier molecular flexibility index (Phi) is 5.96. The lowest BCUT2D eigenvalue weighted by Gasteiger charge is -2.19. The molecule has 136 valence electrons. The van der Waals surface area contributed by atoms with Gasteiger partial charge in [-0.15, -0.1) is 0 Å². The Morgan fingerprint density at radius 2 is 1.96 bits per heavy atom. The fourth-order valence-electron chi connectivity index (χ4n) is 2.81.